The van der Waals surface area contributed by atoms with Crippen molar-refractivity contribution < 1.29 is 4.79 Å². The summed E-state index contributed by atoms with van der Waals surface area (Å²) in [6, 6.07) is 7.53. The fourth-order valence-electron chi connectivity index (χ4n) is 2.57. The standard InChI is InChI=1S/C14H17N5O/c15-14(6-1-2-7-14)13(20)18-11-4-3-5-12(8-11)19-9-16-17-10-19/h3-5,8-10H,1-2,6-7,15H2,(H,18,20). The molecule has 1 aromatic carbocycles. The molecule has 1 aliphatic carbocycles. The molecule has 20 heavy (non-hydrogen) atoms. The summed E-state index contributed by atoms with van der Waals surface area (Å²) >= 11 is 0. The predicted octanol–water partition coefficient (Wildman–Crippen LogP) is 1.48. The Morgan fingerprint density at radius 2 is 1.95 bits per heavy atom. The minimum Gasteiger partial charge on any atom is -0.324 e. The van der Waals surface area contributed by atoms with Gasteiger partial charge in [0, 0.05) is 5.69 Å². The lowest BCUT2D eigenvalue weighted by molar-refractivity contribution is -0.121. The van der Waals surface area contributed by atoms with E-state index < -0.39 is 5.54 Å². The third-order valence-electron chi connectivity index (χ3n) is 3.77. The second-order valence-corrected chi connectivity index (χ2v) is 5.24. The van der Waals surface area contributed by atoms with Gasteiger partial charge in [-0.15, -0.1) is 10.2 Å². The number of benzene rings is 1. The van der Waals surface area contributed by atoms with Gasteiger partial charge in [0.15, 0.2) is 0 Å². The number of nitrogens with two attached hydrogens (primary N) is 1. The minimum absolute atomic E-state index is 0.101. The van der Waals surface area contributed by atoms with Crippen LogP contribution in [0.25, 0.3) is 5.69 Å². The van der Waals surface area contributed by atoms with Crippen LogP contribution in [0.2, 0.25) is 0 Å². The van der Waals surface area contributed by atoms with Crippen LogP contribution in [0.1, 0.15) is 25.7 Å². The van der Waals surface area contributed by atoms with Gasteiger partial charge in [0.1, 0.15) is 12.7 Å². The first-order chi connectivity index (χ1) is 9.67. The van der Waals surface area contributed by atoms with Crippen LogP contribution in [0.5, 0.6) is 0 Å². The average molecular weight is 271 g/mol. The number of nitrogens with one attached hydrogen (secondary N) is 1. The molecule has 1 aromatic heterocycles. The summed E-state index contributed by atoms with van der Waals surface area (Å²) in [5, 5.41) is 10.4. The van der Waals surface area contributed by atoms with Crippen molar-refractivity contribution in [3.05, 3.63) is 36.9 Å². The van der Waals surface area contributed by atoms with Crippen molar-refractivity contribution in [2.75, 3.05) is 5.32 Å². The predicted molar refractivity (Wildman–Crippen MR) is 75.4 cm³/mol. The lowest BCUT2D eigenvalue weighted by atomic mass is 9.98. The zero-order valence-corrected chi connectivity index (χ0v) is 11.1. The molecule has 0 radical (unpaired) electrons. The van der Waals surface area contributed by atoms with Gasteiger partial charge in [-0.1, -0.05) is 18.9 Å². The lowest BCUT2D eigenvalue weighted by Crippen LogP contribution is -2.48. The van der Waals surface area contributed by atoms with Crippen molar-refractivity contribution >= 4 is 11.6 Å². The second kappa shape index (κ2) is 5.05. The number of rotatable bonds is 3. The van der Waals surface area contributed by atoms with Crippen molar-refractivity contribution in [1.82, 2.24) is 14.8 Å². The summed E-state index contributed by atoms with van der Waals surface area (Å²) in [4.78, 5) is 12.3. The van der Waals surface area contributed by atoms with Gasteiger partial charge in [-0.05, 0) is 31.0 Å². The topological polar surface area (TPSA) is 85.8 Å². The molecule has 104 valence electrons. The number of hydrogen-bond acceptors (Lipinski definition) is 4. The molecule has 0 aliphatic heterocycles. The van der Waals surface area contributed by atoms with Crippen LogP contribution in [-0.4, -0.2) is 26.2 Å². The zero-order chi connectivity index (χ0) is 14.0. The summed E-state index contributed by atoms with van der Waals surface area (Å²) in [5.41, 5.74) is 7.06. The molecule has 6 heteroatoms. The summed E-state index contributed by atoms with van der Waals surface area (Å²) in [5.74, 6) is -0.101. The van der Waals surface area contributed by atoms with Crippen LogP contribution in [-0.2, 0) is 4.79 Å². The molecular formula is C14H17N5O. The molecule has 3 N–H and O–H groups in total. The molecule has 0 unspecified atom stereocenters. The molecule has 0 saturated heterocycles. The normalized spacial score (nSPS) is 17.1. The van der Waals surface area contributed by atoms with Crippen LogP contribution >= 0.6 is 0 Å². The number of carbonyl (C=O) groups is 1. The van der Waals surface area contributed by atoms with Crippen molar-refractivity contribution in [3.63, 3.8) is 0 Å². The number of carbonyl (C=O) groups excluding carboxylic acids is 1. The Hall–Kier alpha value is -2.21. The molecule has 0 bridgehead atoms. The molecule has 1 amide bonds. The van der Waals surface area contributed by atoms with E-state index in [1.807, 2.05) is 24.3 Å². The number of hydrogen-bond donors (Lipinski definition) is 2. The smallest absolute Gasteiger partial charge is 0.244 e. The first-order valence-electron chi connectivity index (χ1n) is 6.73. The molecule has 6 nitrogen and oxygen atoms in total. The third kappa shape index (κ3) is 2.42. The molecule has 0 spiro atoms. The number of nitrogens with zero attached hydrogens (tertiary/aromatic N) is 3. The van der Waals surface area contributed by atoms with Gasteiger partial charge in [0.2, 0.25) is 5.91 Å². The molecule has 1 heterocycles. The molecule has 1 fully saturated rings. The van der Waals surface area contributed by atoms with Crippen molar-refractivity contribution in [1.29, 1.82) is 0 Å². The van der Waals surface area contributed by atoms with E-state index in [1.165, 1.54) is 0 Å². The Bertz CT molecular complexity index is 602. The highest BCUT2D eigenvalue weighted by Gasteiger charge is 2.36. The van der Waals surface area contributed by atoms with Gasteiger partial charge in [0.05, 0.1) is 11.2 Å². The van der Waals surface area contributed by atoms with Gasteiger partial charge in [-0.25, -0.2) is 0 Å². The van der Waals surface area contributed by atoms with Gasteiger partial charge in [-0.3, -0.25) is 9.36 Å². The van der Waals surface area contributed by atoms with E-state index in [9.17, 15) is 4.79 Å². The van der Waals surface area contributed by atoms with E-state index in [1.54, 1.807) is 17.2 Å². The fraction of sp³-hybridized carbons (Fsp3) is 0.357. The fourth-order valence-corrected chi connectivity index (χ4v) is 2.57. The average Bonchev–Trinajstić information content (AvgIpc) is 3.11. The van der Waals surface area contributed by atoms with E-state index in [0.717, 1.165) is 37.1 Å². The van der Waals surface area contributed by atoms with Gasteiger partial charge < -0.3 is 11.1 Å². The highest BCUT2D eigenvalue weighted by molar-refractivity contribution is 5.98. The van der Waals surface area contributed by atoms with Crippen LogP contribution in [0.15, 0.2) is 36.9 Å². The lowest BCUT2D eigenvalue weighted by Gasteiger charge is -2.22. The summed E-state index contributed by atoms with van der Waals surface area (Å²) in [6.45, 7) is 0. The Morgan fingerprint density at radius 3 is 2.65 bits per heavy atom. The van der Waals surface area contributed by atoms with Gasteiger partial charge >= 0.3 is 0 Å². The molecule has 0 atom stereocenters. The maximum atomic E-state index is 12.3. The zero-order valence-electron chi connectivity index (χ0n) is 11.1. The van der Waals surface area contributed by atoms with Crippen LogP contribution < -0.4 is 11.1 Å². The highest BCUT2D eigenvalue weighted by atomic mass is 16.2. The SMILES string of the molecule is NC1(C(=O)Nc2cccc(-n3cnnc3)c2)CCCC1. The Morgan fingerprint density at radius 1 is 1.25 bits per heavy atom. The van der Waals surface area contributed by atoms with Gasteiger partial charge in [-0.2, -0.15) is 0 Å². The number of anilines is 1. The van der Waals surface area contributed by atoms with Crippen molar-refractivity contribution in [2.45, 2.75) is 31.2 Å². The quantitative estimate of drug-likeness (QED) is 0.885. The summed E-state index contributed by atoms with van der Waals surface area (Å²) in [7, 11) is 0. The third-order valence-corrected chi connectivity index (χ3v) is 3.77. The maximum absolute atomic E-state index is 12.3. The van der Waals surface area contributed by atoms with E-state index in [4.69, 9.17) is 5.73 Å². The first kappa shape index (κ1) is 12.8. The van der Waals surface area contributed by atoms with E-state index in [2.05, 4.69) is 15.5 Å². The van der Waals surface area contributed by atoms with Crippen LogP contribution in [0.4, 0.5) is 5.69 Å². The Balaban J connectivity index is 1.78. The maximum Gasteiger partial charge on any atom is 0.244 e. The number of amides is 1. The summed E-state index contributed by atoms with van der Waals surface area (Å²) < 4.78 is 1.78. The van der Waals surface area contributed by atoms with Crippen molar-refractivity contribution in [2.24, 2.45) is 5.73 Å². The van der Waals surface area contributed by atoms with E-state index in [0.29, 0.717) is 0 Å². The molecule has 3 rings (SSSR count). The second-order valence-electron chi connectivity index (χ2n) is 5.24. The largest absolute Gasteiger partial charge is 0.324 e. The van der Waals surface area contributed by atoms with E-state index >= 15 is 0 Å². The summed E-state index contributed by atoms with van der Waals surface area (Å²) in [6.07, 6.45) is 6.77. The number of aromatic nitrogens is 3. The molecular weight excluding hydrogens is 254 g/mol. The monoisotopic (exact) mass is 271 g/mol. The van der Waals surface area contributed by atoms with Gasteiger partial charge in [0.25, 0.3) is 0 Å². The Labute approximate surface area is 117 Å². The minimum atomic E-state index is -0.716. The Kier molecular flexibility index (Phi) is 3.23. The van der Waals surface area contributed by atoms with E-state index in [-0.39, 0.29) is 5.91 Å². The molecule has 1 saturated carbocycles. The highest BCUT2D eigenvalue weighted by Crippen LogP contribution is 2.28. The van der Waals surface area contributed by atoms with Crippen LogP contribution in [0.3, 0.4) is 0 Å². The molecule has 1 aliphatic rings. The van der Waals surface area contributed by atoms with Crippen molar-refractivity contribution in [3.8, 4) is 5.69 Å². The van der Waals surface area contributed by atoms with Crippen LogP contribution in [0, 0.1) is 0 Å². The molecule has 2 aromatic rings. The first-order valence-corrected chi connectivity index (χ1v) is 6.73.